The molecule has 1 heterocycles. The molecule has 110 valence electrons. The Bertz CT molecular complexity index is 611. The number of amides is 2. The summed E-state index contributed by atoms with van der Waals surface area (Å²) in [6, 6.07) is 9.59. The molecule has 21 heavy (non-hydrogen) atoms. The molecular weight excluding hydrogens is 262 g/mol. The molecule has 2 rings (SSSR count). The first kappa shape index (κ1) is 15.0. The maximum atomic E-state index is 12.2. The van der Waals surface area contributed by atoms with Gasteiger partial charge in [-0.2, -0.15) is 0 Å². The quantitative estimate of drug-likeness (QED) is 0.895. The van der Waals surface area contributed by atoms with Gasteiger partial charge in [-0.25, -0.2) is 4.79 Å². The normalized spacial score (nSPS) is 11.8. The second-order valence-electron chi connectivity index (χ2n) is 5.06. The van der Waals surface area contributed by atoms with Gasteiger partial charge in [0.2, 0.25) is 0 Å². The maximum absolute atomic E-state index is 12.2. The number of pyridine rings is 1. The summed E-state index contributed by atoms with van der Waals surface area (Å²) in [5.74, 6) is 0. The number of hydrogen-bond donors (Lipinski definition) is 2. The predicted octanol–water partition coefficient (Wildman–Crippen LogP) is 3.84. The van der Waals surface area contributed by atoms with E-state index in [4.69, 9.17) is 0 Å². The van der Waals surface area contributed by atoms with Crippen LogP contribution in [-0.4, -0.2) is 11.0 Å². The summed E-state index contributed by atoms with van der Waals surface area (Å²) in [6.45, 7) is 6.03. The van der Waals surface area contributed by atoms with E-state index in [1.807, 2.05) is 44.2 Å². The third-order valence-electron chi connectivity index (χ3n) is 3.53. The number of para-hydroxylation sites is 1. The average molecular weight is 283 g/mol. The van der Waals surface area contributed by atoms with E-state index < -0.39 is 0 Å². The fourth-order valence-corrected chi connectivity index (χ4v) is 2.28. The molecule has 2 amide bonds. The third kappa shape index (κ3) is 3.81. The Kier molecular flexibility index (Phi) is 4.93. The first-order chi connectivity index (χ1) is 10.1. The van der Waals surface area contributed by atoms with Gasteiger partial charge in [0.15, 0.2) is 0 Å². The van der Waals surface area contributed by atoms with E-state index in [-0.39, 0.29) is 12.1 Å². The Morgan fingerprint density at radius 3 is 2.62 bits per heavy atom. The number of carbonyl (C=O) groups is 1. The van der Waals surface area contributed by atoms with E-state index in [2.05, 4.69) is 22.5 Å². The first-order valence-corrected chi connectivity index (χ1v) is 7.17. The number of aromatic nitrogens is 1. The number of benzene rings is 1. The van der Waals surface area contributed by atoms with E-state index in [0.29, 0.717) is 0 Å². The lowest BCUT2D eigenvalue weighted by Crippen LogP contribution is -2.31. The van der Waals surface area contributed by atoms with E-state index in [1.54, 1.807) is 12.4 Å². The van der Waals surface area contributed by atoms with Crippen molar-refractivity contribution >= 4 is 11.7 Å². The molecule has 1 atom stereocenters. The van der Waals surface area contributed by atoms with Crippen molar-refractivity contribution in [3.05, 3.63) is 59.4 Å². The summed E-state index contributed by atoms with van der Waals surface area (Å²) < 4.78 is 0. The zero-order chi connectivity index (χ0) is 15.2. The second kappa shape index (κ2) is 6.88. The summed E-state index contributed by atoms with van der Waals surface area (Å²) in [4.78, 5) is 16.2. The van der Waals surface area contributed by atoms with Crippen molar-refractivity contribution in [3.8, 4) is 0 Å². The van der Waals surface area contributed by atoms with E-state index in [9.17, 15) is 4.79 Å². The van der Waals surface area contributed by atoms with Crippen LogP contribution in [0.15, 0.2) is 42.7 Å². The Balaban J connectivity index is 2.06. The lowest BCUT2D eigenvalue weighted by atomic mass is 10.1. The van der Waals surface area contributed by atoms with Crippen LogP contribution in [0.2, 0.25) is 0 Å². The maximum Gasteiger partial charge on any atom is 0.319 e. The molecule has 2 N–H and O–H groups in total. The van der Waals surface area contributed by atoms with Gasteiger partial charge in [-0.05, 0) is 49.1 Å². The Morgan fingerprint density at radius 2 is 1.95 bits per heavy atom. The van der Waals surface area contributed by atoms with Gasteiger partial charge < -0.3 is 10.6 Å². The molecule has 0 unspecified atom stereocenters. The Labute approximate surface area is 125 Å². The highest BCUT2D eigenvalue weighted by molar-refractivity contribution is 5.91. The van der Waals surface area contributed by atoms with Gasteiger partial charge in [0.1, 0.15) is 0 Å². The molecule has 1 aromatic heterocycles. The summed E-state index contributed by atoms with van der Waals surface area (Å²) in [5.41, 5.74) is 4.14. The molecule has 0 fully saturated rings. The molecule has 0 radical (unpaired) electrons. The Hall–Kier alpha value is -2.36. The summed E-state index contributed by atoms with van der Waals surface area (Å²) in [7, 11) is 0. The Morgan fingerprint density at radius 1 is 1.24 bits per heavy atom. The lowest BCUT2D eigenvalue weighted by molar-refractivity contribution is 0.249. The lowest BCUT2D eigenvalue weighted by Gasteiger charge is -2.17. The minimum atomic E-state index is -0.191. The monoisotopic (exact) mass is 283 g/mol. The van der Waals surface area contributed by atoms with E-state index in [1.165, 1.54) is 0 Å². The van der Waals surface area contributed by atoms with Crippen LogP contribution in [0.3, 0.4) is 0 Å². The van der Waals surface area contributed by atoms with Gasteiger partial charge in [0.25, 0.3) is 0 Å². The molecular formula is C17H21N3O. The third-order valence-corrected chi connectivity index (χ3v) is 3.53. The zero-order valence-electron chi connectivity index (χ0n) is 12.7. The van der Waals surface area contributed by atoms with Crippen LogP contribution in [0.1, 0.15) is 36.6 Å². The minimum absolute atomic E-state index is 0.0675. The molecule has 1 aromatic carbocycles. The molecule has 0 saturated carbocycles. The van der Waals surface area contributed by atoms with Crippen molar-refractivity contribution in [1.82, 2.24) is 10.3 Å². The number of aryl methyl sites for hydroxylation is 2. The van der Waals surface area contributed by atoms with E-state index in [0.717, 1.165) is 28.8 Å². The van der Waals surface area contributed by atoms with Crippen molar-refractivity contribution < 1.29 is 4.79 Å². The standard InChI is InChI=1S/C17H21N3O/c1-4-14-7-5-6-12(2)16(14)20-17(21)19-13(3)15-8-10-18-11-9-15/h5-11,13H,4H2,1-3H3,(H2,19,20,21)/t13-/m0/s1. The number of nitrogens with zero attached hydrogens (tertiary/aromatic N) is 1. The van der Waals surface area contributed by atoms with Gasteiger partial charge >= 0.3 is 6.03 Å². The molecule has 0 saturated heterocycles. The van der Waals surface area contributed by atoms with Gasteiger partial charge in [-0.1, -0.05) is 25.1 Å². The highest BCUT2D eigenvalue weighted by atomic mass is 16.2. The summed E-state index contributed by atoms with van der Waals surface area (Å²) in [6.07, 6.45) is 4.33. The highest BCUT2D eigenvalue weighted by Crippen LogP contribution is 2.21. The summed E-state index contributed by atoms with van der Waals surface area (Å²) >= 11 is 0. The largest absolute Gasteiger partial charge is 0.331 e. The van der Waals surface area contributed by atoms with Crippen molar-refractivity contribution in [3.63, 3.8) is 0 Å². The SMILES string of the molecule is CCc1cccc(C)c1NC(=O)N[C@@H](C)c1ccncc1. The number of rotatable bonds is 4. The van der Waals surface area contributed by atoms with Crippen LogP contribution in [0.5, 0.6) is 0 Å². The van der Waals surface area contributed by atoms with E-state index >= 15 is 0 Å². The first-order valence-electron chi connectivity index (χ1n) is 7.17. The van der Waals surface area contributed by atoms with Crippen molar-refractivity contribution in [2.24, 2.45) is 0 Å². The van der Waals surface area contributed by atoms with Crippen LogP contribution in [0.25, 0.3) is 0 Å². The van der Waals surface area contributed by atoms with Crippen molar-refractivity contribution in [1.29, 1.82) is 0 Å². The zero-order valence-corrected chi connectivity index (χ0v) is 12.7. The fourth-order valence-electron chi connectivity index (χ4n) is 2.28. The molecule has 0 aliphatic heterocycles. The van der Waals surface area contributed by atoms with Gasteiger partial charge in [0, 0.05) is 18.1 Å². The van der Waals surface area contributed by atoms with Crippen LogP contribution < -0.4 is 10.6 Å². The number of hydrogen-bond acceptors (Lipinski definition) is 2. The number of carbonyl (C=O) groups excluding carboxylic acids is 1. The van der Waals surface area contributed by atoms with Crippen molar-refractivity contribution in [2.45, 2.75) is 33.2 Å². The molecule has 4 nitrogen and oxygen atoms in total. The predicted molar refractivity (Wildman–Crippen MR) is 85.4 cm³/mol. The molecule has 4 heteroatoms. The van der Waals surface area contributed by atoms with Gasteiger partial charge in [-0.15, -0.1) is 0 Å². The fraction of sp³-hybridized carbons (Fsp3) is 0.294. The molecule has 0 aliphatic rings. The second-order valence-corrected chi connectivity index (χ2v) is 5.06. The molecule has 0 aliphatic carbocycles. The molecule has 0 spiro atoms. The van der Waals surface area contributed by atoms with Crippen molar-refractivity contribution in [2.75, 3.05) is 5.32 Å². The number of urea groups is 1. The van der Waals surface area contributed by atoms with Crippen LogP contribution in [0, 0.1) is 6.92 Å². The molecule has 2 aromatic rings. The van der Waals surface area contributed by atoms with Gasteiger partial charge in [-0.3, -0.25) is 4.98 Å². The smallest absolute Gasteiger partial charge is 0.319 e. The minimum Gasteiger partial charge on any atom is -0.331 e. The number of nitrogens with one attached hydrogen (secondary N) is 2. The molecule has 0 bridgehead atoms. The van der Waals surface area contributed by atoms with Gasteiger partial charge in [0.05, 0.1) is 6.04 Å². The van der Waals surface area contributed by atoms with Crippen LogP contribution >= 0.6 is 0 Å². The average Bonchev–Trinajstić information content (AvgIpc) is 2.50. The summed E-state index contributed by atoms with van der Waals surface area (Å²) in [5, 5.41) is 5.91. The topological polar surface area (TPSA) is 54.0 Å². The number of anilines is 1. The highest BCUT2D eigenvalue weighted by Gasteiger charge is 2.12. The van der Waals surface area contributed by atoms with Crippen LogP contribution in [-0.2, 0) is 6.42 Å². The van der Waals surface area contributed by atoms with Crippen LogP contribution in [0.4, 0.5) is 10.5 Å².